The number of amides is 1. The summed E-state index contributed by atoms with van der Waals surface area (Å²) >= 11 is 0. The fourth-order valence-electron chi connectivity index (χ4n) is 2.18. The fraction of sp³-hybridized carbons (Fsp3) is 0.263. The second-order valence-corrected chi connectivity index (χ2v) is 5.27. The van der Waals surface area contributed by atoms with Gasteiger partial charge in [0, 0.05) is 12.1 Å². The van der Waals surface area contributed by atoms with Crippen LogP contribution in [-0.2, 0) is 11.2 Å². The van der Waals surface area contributed by atoms with E-state index in [0.717, 1.165) is 5.56 Å². The topological polar surface area (TPSA) is 64.6 Å². The van der Waals surface area contributed by atoms with Crippen LogP contribution in [0.4, 0.5) is 4.39 Å². The van der Waals surface area contributed by atoms with Crippen molar-refractivity contribution >= 4 is 12.2 Å². The smallest absolute Gasteiger partial charge is 0.257 e. The molecule has 0 spiro atoms. The van der Waals surface area contributed by atoms with Crippen molar-refractivity contribution < 1.29 is 23.5 Å². The van der Waals surface area contributed by atoms with E-state index >= 15 is 0 Å². The number of aldehydes is 1. The van der Waals surface area contributed by atoms with Gasteiger partial charge in [0.05, 0.1) is 6.61 Å². The predicted octanol–water partition coefficient (Wildman–Crippen LogP) is 2.77. The van der Waals surface area contributed by atoms with Crippen molar-refractivity contribution in [2.24, 2.45) is 0 Å². The van der Waals surface area contributed by atoms with Gasteiger partial charge in [-0.25, -0.2) is 4.39 Å². The molecule has 0 saturated heterocycles. The maximum atomic E-state index is 12.8. The van der Waals surface area contributed by atoms with Crippen LogP contribution in [0, 0.1) is 5.82 Å². The first-order valence-electron chi connectivity index (χ1n) is 7.98. The zero-order valence-electron chi connectivity index (χ0n) is 14.0. The van der Waals surface area contributed by atoms with E-state index in [4.69, 9.17) is 9.47 Å². The van der Waals surface area contributed by atoms with E-state index in [9.17, 15) is 14.0 Å². The summed E-state index contributed by atoms with van der Waals surface area (Å²) in [6.45, 7) is 2.50. The average molecular weight is 345 g/mol. The molecular weight excluding hydrogens is 325 g/mol. The summed E-state index contributed by atoms with van der Waals surface area (Å²) in [6, 6.07) is 10.9. The van der Waals surface area contributed by atoms with Crippen LogP contribution in [-0.4, -0.2) is 32.0 Å². The van der Waals surface area contributed by atoms with Crippen LogP contribution in [0.25, 0.3) is 0 Å². The first-order valence-corrected chi connectivity index (χ1v) is 7.98. The maximum Gasteiger partial charge on any atom is 0.257 e. The Morgan fingerprint density at radius 2 is 1.88 bits per heavy atom. The van der Waals surface area contributed by atoms with Crippen LogP contribution in [0.3, 0.4) is 0 Å². The largest absolute Gasteiger partial charge is 0.490 e. The molecule has 5 nitrogen and oxygen atoms in total. The molecule has 2 aromatic carbocycles. The van der Waals surface area contributed by atoms with E-state index in [0.29, 0.717) is 42.9 Å². The van der Waals surface area contributed by atoms with Gasteiger partial charge in [0.1, 0.15) is 12.1 Å². The standard InChI is InChI=1S/C19H20FNO4/c1-2-24-18-11-15(12-22)5-8-17(18)25-13-19(23)21-10-9-14-3-6-16(20)7-4-14/h3-8,11-12H,2,9-10,13H2,1H3,(H,21,23). The number of carbonyl (C=O) groups is 2. The zero-order valence-corrected chi connectivity index (χ0v) is 14.0. The number of carbonyl (C=O) groups excluding carboxylic acids is 2. The molecule has 0 unspecified atom stereocenters. The van der Waals surface area contributed by atoms with Crippen LogP contribution in [0.2, 0.25) is 0 Å². The van der Waals surface area contributed by atoms with Gasteiger partial charge in [0.15, 0.2) is 18.1 Å². The molecule has 25 heavy (non-hydrogen) atoms. The number of benzene rings is 2. The van der Waals surface area contributed by atoms with Gasteiger partial charge < -0.3 is 14.8 Å². The van der Waals surface area contributed by atoms with Gasteiger partial charge in [0.2, 0.25) is 0 Å². The highest BCUT2D eigenvalue weighted by atomic mass is 19.1. The Bertz CT molecular complexity index is 716. The van der Waals surface area contributed by atoms with Crippen LogP contribution in [0.15, 0.2) is 42.5 Å². The van der Waals surface area contributed by atoms with Gasteiger partial charge in [-0.15, -0.1) is 0 Å². The third-order valence-electron chi connectivity index (χ3n) is 3.41. The van der Waals surface area contributed by atoms with Crippen LogP contribution >= 0.6 is 0 Å². The van der Waals surface area contributed by atoms with Crippen molar-refractivity contribution in [2.45, 2.75) is 13.3 Å². The second-order valence-electron chi connectivity index (χ2n) is 5.27. The quantitative estimate of drug-likeness (QED) is 0.710. The van der Waals surface area contributed by atoms with Gasteiger partial charge in [0.25, 0.3) is 5.91 Å². The normalized spacial score (nSPS) is 10.2. The van der Waals surface area contributed by atoms with E-state index in [2.05, 4.69) is 5.32 Å². The third kappa shape index (κ3) is 5.91. The zero-order chi connectivity index (χ0) is 18.1. The number of halogens is 1. The lowest BCUT2D eigenvalue weighted by molar-refractivity contribution is -0.123. The number of hydrogen-bond acceptors (Lipinski definition) is 4. The molecule has 0 aliphatic heterocycles. The summed E-state index contributed by atoms with van der Waals surface area (Å²) in [5.74, 6) is 0.267. The van der Waals surface area contributed by atoms with Gasteiger partial charge in [-0.05, 0) is 49.2 Å². The van der Waals surface area contributed by atoms with Crippen molar-refractivity contribution in [3.8, 4) is 11.5 Å². The van der Waals surface area contributed by atoms with E-state index in [-0.39, 0.29) is 18.3 Å². The lowest BCUT2D eigenvalue weighted by atomic mass is 10.1. The molecule has 1 N–H and O–H groups in total. The first kappa shape index (κ1) is 18.4. The van der Waals surface area contributed by atoms with Gasteiger partial charge >= 0.3 is 0 Å². The van der Waals surface area contributed by atoms with Crippen LogP contribution in [0.5, 0.6) is 11.5 Å². The van der Waals surface area contributed by atoms with Crippen molar-refractivity contribution in [1.82, 2.24) is 5.32 Å². The minimum Gasteiger partial charge on any atom is -0.490 e. The summed E-state index contributed by atoms with van der Waals surface area (Å²) in [4.78, 5) is 22.7. The van der Waals surface area contributed by atoms with E-state index in [1.807, 2.05) is 6.92 Å². The molecule has 0 radical (unpaired) electrons. The van der Waals surface area contributed by atoms with E-state index in [1.165, 1.54) is 12.1 Å². The summed E-state index contributed by atoms with van der Waals surface area (Å²) in [7, 11) is 0. The Labute approximate surface area is 145 Å². The van der Waals surface area contributed by atoms with E-state index in [1.54, 1.807) is 30.3 Å². The number of ether oxygens (including phenoxy) is 2. The highest BCUT2D eigenvalue weighted by Gasteiger charge is 2.09. The molecule has 0 saturated carbocycles. The third-order valence-corrected chi connectivity index (χ3v) is 3.41. The average Bonchev–Trinajstić information content (AvgIpc) is 2.62. The van der Waals surface area contributed by atoms with Crippen LogP contribution in [0.1, 0.15) is 22.8 Å². The molecule has 0 heterocycles. The lowest BCUT2D eigenvalue weighted by Crippen LogP contribution is -2.30. The summed E-state index contributed by atoms with van der Waals surface area (Å²) in [5.41, 5.74) is 1.41. The number of rotatable bonds is 9. The Morgan fingerprint density at radius 1 is 1.12 bits per heavy atom. The van der Waals surface area contributed by atoms with Crippen molar-refractivity contribution in [3.63, 3.8) is 0 Å². The minimum absolute atomic E-state index is 0.163. The first-order chi connectivity index (χ1) is 12.1. The molecule has 0 atom stereocenters. The minimum atomic E-state index is -0.285. The molecule has 2 rings (SSSR count). The number of hydrogen-bond donors (Lipinski definition) is 1. The molecule has 2 aromatic rings. The molecule has 1 amide bonds. The van der Waals surface area contributed by atoms with Gasteiger partial charge in [-0.3, -0.25) is 9.59 Å². The SMILES string of the molecule is CCOc1cc(C=O)ccc1OCC(=O)NCCc1ccc(F)cc1. The van der Waals surface area contributed by atoms with Crippen molar-refractivity contribution in [3.05, 3.63) is 59.4 Å². The number of nitrogens with one attached hydrogen (secondary N) is 1. The highest BCUT2D eigenvalue weighted by molar-refractivity contribution is 5.78. The second kappa shape index (κ2) is 9.42. The Morgan fingerprint density at radius 3 is 2.56 bits per heavy atom. The lowest BCUT2D eigenvalue weighted by Gasteiger charge is -2.12. The molecule has 6 heteroatoms. The molecule has 0 aliphatic carbocycles. The molecule has 0 bridgehead atoms. The Kier molecular flexibility index (Phi) is 6.95. The maximum absolute atomic E-state index is 12.8. The molecular formula is C19H20FNO4. The monoisotopic (exact) mass is 345 g/mol. The summed E-state index contributed by atoms with van der Waals surface area (Å²) < 4.78 is 23.7. The highest BCUT2D eigenvalue weighted by Crippen LogP contribution is 2.27. The molecule has 0 fully saturated rings. The summed E-state index contributed by atoms with van der Waals surface area (Å²) in [6.07, 6.45) is 1.32. The predicted molar refractivity (Wildman–Crippen MR) is 91.6 cm³/mol. The van der Waals surface area contributed by atoms with E-state index < -0.39 is 0 Å². The fourth-order valence-corrected chi connectivity index (χ4v) is 2.18. The molecule has 0 aromatic heterocycles. The van der Waals surface area contributed by atoms with Gasteiger partial charge in [-0.1, -0.05) is 12.1 Å². The summed E-state index contributed by atoms with van der Waals surface area (Å²) in [5, 5.41) is 2.74. The van der Waals surface area contributed by atoms with Crippen molar-refractivity contribution in [1.29, 1.82) is 0 Å². The Balaban J connectivity index is 1.81. The Hall–Kier alpha value is -2.89. The van der Waals surface area contributed by atoms with Crippen LogP contribution < -0.4 is 14.8 Å². The van der Waals surface area contributed by atoms with Crippen molar-refractivity contribution in [2.75, 3.05) is 19.8 Å². The molecule has 0 aliphatic rings. The molecule has 132 valence electrons. The van der Waals surface area contributed by atoms with Gasteiger partial charge in [-0.2, -0.15) is 0 Å².